The zero-order valence-electron chi connectivity index (χ0n) is 16.1. The van der Waals surface area contributed by atoms with Crippen LogP contribution >= 0.6 is 0 Å². The van der Waals surface area contributed by atoms with Gasteiger partial charge in [-0.1, -0.05) is 17.7 Å². The Bertz CT molecular complexity index is 1310. The number of non-ortho nitro benzene ring substituents is 1. The average Bonchev–Trinajstić information content (AvgIpc) is 2.68. The quantitative estimate of drug-likeness (QED) is 0.453. The smallest absolute Gasteiger partial charge is 0.269 e. The van der Waals surface area contributed by atoms with Crippen molar-refractivity contribution in [3.8, 4) is 0 Å². The lowest BCUT2D eigenvalue weighted by molar-refractivity contribution is -0.384. The lowest BCUT2D eigenvalue weighted by Crippen LogP contribution is -2.13. The summed E-state index contributed by atoms with van der Waals surface area (Å²) < 4.78 is 53.3. The molecule has 156 valence electrons. The second kappa shape index (κ2) is 7.88. The van der Waals surface area contributed by atoms with E-state index in [0.717, 1.165) is 17.7 Å². The maximum atomic E-state index is 12.9. The van der Waals surface area contributed by atoms with E-state index in [0.29, 0.717) is 5.56 Å². The van der Waals surface area contributed by atoms with E-state index in [1.165, 1.54) is 42.5 Å². The fraction of sp³-hybridized carbons (Fsp3) is 0.100. The van der Waals surface area contributed by atoms with Gasteiger partial charge in [0.1, 0.15) is 0 Å². The number of nitro benzene ring substituents is 1. The predicted octanol–water partition coefficient (Wildman–Crippen LogP) is 3.85. The van der Waals surface area contributed by atoms with Crippen molar-refractivity contribution in [1.29, 1.82) is 0 Å². The van der Waals surface area contributed by atoms with Crippen LogP contribution < -0.4 is 4.72 Å². The van der Waals surface area contributed by atoms with E-state index in [1.54, 1.807) is 19.1 Å². The molecule has 0 atom stereocenters. The highest BCUT2D eigenvalue weighted by Gasteiger charge is 2.22. The van der Waals surface area contributed by atoms with E-state index in [9.17, 15) is 26.9 Å². The molecule has 3 aromatic rings. The number of sulfonamides is 1. The largest absolute Gasteiger partial charge is 0.280 e. The number of nitro groups is 1. The summed E-state index contributed by atoms with van der Waals surface area (Å²) in [5.74, 6) is 0. The molecule has 0 aliphatic rings. The maximum absolute atomic E-state index is 12.9. The average molecular weight is 447 g/mol. The molecule has 0 fully saturated rings. The summed E-state index contributed by atoms with van der Waals surface area (Å²) in [5.41, 5.74) is 1.25. The Morgan fingerprint density at radius 1 is 0.800 bits per heavy atom. The molecule has 0 saturated carbocycles. The van der Waals surface area contributed by atoms with Gasteiger partial charge in [-0.2, -0.15) is 0 Å². The van der Waals surface area contributed by atoms with Crippen LogP contribution in [0.3, 0.4) is 0 Å². The number of aryl methyl sites for hydroxylation is 2. The Hall–Kier alpha value is -3.24. The van der Waals surface area contributed by atoms with Crippen molar-refractivity contribution in [3.63, 3.8) is 0 Å². The van der Waals surface area contributed by atoms with Crippen molar-refractivity contribution in [2.45, 2.75) is 28.5 Å². The van der Waals surface area contributed by atoms with Gasteiger partial charge in [0, 0.05) is 17.8 Å². The van der Waals surface area contributed by atoms with Gasteiger partial charge in [-0.15, -0.1) is 0 Å². The van der Waals surface area contributed by atoms with Crippen molar-refractivity contribution in [2.24, 2.45) is 0 Å². The number of sulfone groups is 1. The third kappa shape index (κ3) is 4.34. The Labute approximate surface area is 174 Å². The number of anilines is 1. The van der Waals surface area contributed by atoms with E-state index >= 15 is 0 Å². The summed E-state index contributed by atoms with van der Waals surface area (Å²) in [6.45, 7) is 3.39. The van der Waals surface area contributed by atoms with Gasteiger partial charge in [0.2, 0.25) is 9.84 Å². The number of hydrogen-bond acceptors (Lipinski definition) is 6. The molecular weight excluding hydrogens is 428 g/mol. The Morgan fingerprint density at radius 2 is 1.37 bits per heavy atom. The first-order chi connectivity index (χ1) is 14.0. The van der Waals surface area contributed by atoms with Gasteiger partial charge >= 0.3 is 0 Å². The van der Waals surface area contributed by atoms with Gasteiger partial charge in [-0.05, 0) is 61.9 Å². The van der Waals surface area contributed by atoms with E-state index in [-0.39, 0.29) is 26.1 Å². The minimum Gasteiger partial charge on any atom is -0.280 e. The maximum Gasteiger partial charge on any atom is 0.269 e. The number of nitrogens with zero attached hydrogens (tertiary/aromatic N) is 1. The lowest BCUT2D eigenvalue weighted by atomic mass is 10.2. The molecule has 0 unspecified atom stereocenters. The van der Waals surface area contributed by atoms with Crippen LogP contribution in [0.25, 0.3) is 0 Å². The van der Waals surface area contributed by atoms with Gasteiger partial charge in [0.25, 0.3) is 15.7 Å². The zero-order chi connectivity index (χ0) is 22.1. The topological polar surface area (TPSA) is 123 Å². The monoisotopic (exact) mass is 446 g/mol. The van der Waals surface area contributed by atoms with Gasteiger partial charge in [-0.25, -0.2) is 16.8 Å². The minimum atomic E-state index is -3.93. The Kier molecular flexibility index (Phi) is 5.64. The van der Waals surface area contributed by atoms with Gasteiger partial charge in [0.05, 0.1) is 19.6 Å². The molecule has 0 heterocycles. The van der Waals surface area contributed by atoms with Crippen LogP contribution in [0.15, 0.2) is 81.4 Å². The molecule has 1 N–H and O–H groups in total. The third-order valence-corrected chi connectivity index (χ3v) is 7.73. The number of rotatable bonds is 6. The summed E-state index contributed by atoms with van der Waals surface area (Å²) in [6.07, 6.45) is 0. The zero-order valence-corrected chi connectivity index (χ0v) is 17.7. The Morgan fingerprint density at radius 3 is 1.90 bits per heavy atom. The molecule has 0 aliphatic carbocycles. The second-order valence-corrected chi connectivity index (χ2v) is 10.3. The molecule has 3 rings (SSSR count). The summed E-state index contributed by atoms with van der Waals surface area (Å²) in [4.78, 5) is 10.1. The lowest BCUT2D eigenvalue weighted by Gasteiger charge is -2.12. The Balaban J connectivity index is 1.91. The van der Waals surface area contributed by atoms with Crippen molar-refractivity contribution >= 4 is 31.2 Å². The minimum absolute atomic E-state index is 0.0189. The molecule has 3 aromatic carbocycles. The molecule has 0 saturated heterocycles. The number of benzene rings is 3. The van der Waals surface area contributed by atoms with E-state index < -0.39 is 24.8 Å². The number of nitrogens with one attached hydrogen (secondary N) is 1. The van der Waals surface area contributed by atoms with Gasteiger partial charge in [0.15, 0.2) is 0 Å². The standard InChI is InChI=1S/C20H18N2O6S2/c1-14-3-8-19(9-4-14)30(27,28)21-16-5-12-20(15(2)13-16)29(25,26)18-10-6-17(7-11-18)22(23)24/h3-13,21H,1-2H3. The first kappa shape index (κ1) is 21.5. The summed E-state index contributed by atoms with van der Waals surface area (Å²) in [7, 11) is -7.75. The summed E-state index contributed by atoms with van der Waals surface area (Å²) in [6, 6.07) is 15.0. The number of hydrogen-bond donors (Lipinski definition) is 1. The van der Waals surface area contributed by atoms with E-state index in [4.69, 9.17) is 0 Å². The molecule has 0 amide bonds. The molecule has 0 spiro atoms. The van der Waals surface area contributed by atoms with Crippen LogP contribution in [0.2, 0.25) is 0 Å². The van der Waals surface area contributed by atoms with Crippen LogP contribution in [-0.4, -0.2) is 21.8 Å². The van der Waals surface area contributed by atoms with Crippen LogP contribution in [-0.2, 0) is 19.9 Å². The third-order valence-electron chi connectivity index (χ3n) is 4.41. The van der Waals surface area contributed by atoms with Crippen molar-refractivity contribution in [3.05, 3.63) is 88.0 Å². The van der Waals surface area contributed by atoms with Crippen LogP contribution in [0, 0.1) is 24.0 Å². The highest BCUT2D eigenvalue weighted by Crippen LogP contribution is 2.28. The van der Waals surface area contributed by atoms with Gasteiger partial charge < -0.3 is 0 Å². The van der Waals surface area contributed by atoms with E-state index in [1.807, 2.05) is 6.92 Å². The molecular formula is C20H18N2O6S2. The fourth-order valence-electron chi connectivity index (χ4n) is 2.82. The molecule has 0 aromatic heterocycles. The predicted molar refractivity (Wildman–Crippen MR) is 112 cm³/mol. The van der Waals surface area contributed by atoms with Crippen LogP contribution in [0.1, 0.15) is 11.1 Å². The van der Waals surface area contributed by atoms with Crippen molar-refractivity contribution < 1.29 is 21.8 Å². The van der Waals surface area contributed by atoms with Crippen molar-refractivity contribution in [1.82, 2.24) is 0 Å². The molecule has 0 bridgehead atoms. The van der Waals surface area contributed by atoms with Crippen LogP contribution in [0.4, 0.5) is 11.4 Å². The molecule has 10 heteroatoms. The molecule has 8 nitrogen and oxygen atoms in total. The highest BCUT2D eigenvalue weighted by atomic mass is 32.2. The fourth-order valence-corrected chi connectivity index (χ4v) is 5.35. The highest BCUT2D eigenvalue weighted by molar-refractivity contribution is 7.92. The summed E-state index contributed by atoms with van der Waals surface area (Å²) in [5, 5.41) is 10.8. The summed E-state index contributed by atoms with van der Waals surface area (Å²) >= 11 is 0. The first-order valence-electron chi connectivity index (χ1n) is 8.70. The van der Waals surface area contributed by atoms with Crippen LogP contribution in [0.5, 0.6) is 0 Å². The normalized spacial score (nSPS) is 11.8. The second-order valence-electron chi connectivity index (χ2n) is 6.65. The molecule has 30 heavy (non-hydrogen) atoms. The molecule has 0 radical (unpaired) electrons. The van der Waals surface area contributed by atoms with Crippen molar-refractivity contribution in [2.75, 3.05) is 4.72 Å². The van der Waals surface area contributed by atoms with Gasteiger partial charge in [-0.3, -0.25) is 14.8 Å². The first-order valence-corrected chi connectivity index (χ1v) is 11.7. The molecule has 0 aliphatic heterocycles. The van der Waals surface area contributed by atoms with E-state index in [2.05, 4.69) is 4.72 Å². The SMILES string of the molecule is Cc1ccc(S(=O)(=O)Nc2ccc(S(=O)(=O)c3ccc([N+](=O)[O-])cc3)c(C)c2)cc1.